The Balaban J connectivity index is 4.63. The summed E-state index contributed by atoms with van der Waals surface area (Å²) in [4.78, 5) is 12.2. The molecule has 0 saturated carbocycles. The van der Waals surface area contributed by atoms with E-state index in [0.29, 0.717) is 6.61 Å². The van der Waals surface area contributed by atoms with Crippen molar-refractivity contribution < 1.29 is 9.53 Å². The molecule has 0 radical (unpaired) electrons. The van der Waals surface area contributed by atoms with Gasteiger partial charge >= 0.3 is 5.97 Å². The summed E-state index contributed by atoms with van der Waals surface area (Å²) in [6, 6.07) is 0. The van der Waals surface area contributed by atoms with E-state index < -0.39 is 0 Å². The van der Waals surface area contributed by atoms with E-state index >= 15 is 0 Å². The van der Waals surface area contributed by atoms with Gasteiger partial charge in [-0.3, -0.25) is 4.79 Å². The Kier molecular flexibility index (Phi) is 6.06. The first-order valence-electron chi connectivity index (χ1n) is 6.53. The van der Waals surface area contributed by atoms with Crippen molar-refractivity contribution in [3.63, 3.8) is 0 Å². The number of hydrogen-bond donors (Lipinski definition) is 0. The van der Waals surface area contributed by atoms with Crippen LogP contribution in [0.4, 0.5) is 0 Å². The predicted octanol–water partition coefficient (Wildman–Crippen LogP) is 4.18. The molecule has 0 aliphatic carbocycles. The monoisotopic (exact) mass is 228 g/mol. The standard InChI is InChI=1S/C14H28O2/c1-7-10-11-16-12(15)14(6,9-3)13(4,5)8-2/h7-11H2,1-6H3. The molecule has 0 amide bonds. The summed E-state index contributed by atoms with van der Waals surface area (Å²) in [6.07, 6.45) is 3.84. The molecule has 0 rings (SSSR count). The molecular formula is C14H28O2. The molecule has 0 aliphatic heterocycles. The third-order valence-corrected chi connectivity index (χ3v) is 4.27. The van der Waals surface area contributed by atoms with E-state index in [4.69, 9.17) is 4.74 Å². The zero-order valence-corrected chi connectivity index (χ0v) is 11.9. The van der Waals surface area contributed by atoms with Crippen LogP contribution < -0.4 is 0 Å². The van der Waals surface area contributed by atoms with Crippen LogP contribution in [0.1, 0.15) is 67.2 Å². The van der Waals surface area contributed by atoms with Gasteiger partial charge in [-0.2, -0.15) is 0 Å². The van der Waals surface area contributed by atoms with Gasteiger partial charge in [0.05, 0.1) is 12.0 Å². The molecule has 16 heavy (non-hydrogen) atoms. The highest BCUT2D eigenvalue weighted by molar-refractivity contribution is 5.77. The molecule has 0 aromatic heterocycles. The van der Waals surface area contributed by atoms with Gasteiger partial charge in [0.15, 0.2) is 0 Å². The fraction of sp³-hybridized carbons (Fsp3) is 0.929. The number of hydrogen-bond acceptors (Lipinski definition) is 2. The lowest BCUT2D eigenvalue weighted by Crippen LogP contribution is -2.42. The third-order valence-electron chi connectivity index (χ3n) is 4.27. The summed E-state index contributed by atoms with van der Waals surface area (Å²) in [5, 5.41) is 0. The van der Waals surface area contributed by atoms with Crippen LogP contribution in [0.2, 0.25) is 0 Å². The molecule has 0 aromatic rings. The van der Waals surface area contributed by atoms with Crippen LogP contribution in [0.5, 0.6) is 0 Å². The molecule has 2 heteroatoms. The van der Waals surface area contributed by atoms with Crippen LogP contribution in [0.25, 0.3) is 0 Å². The highest BCUT2D eigenvalue weighted by Gasteiger charge is 2.45. The first-order chi connectivity index (χ1) is 7.35. The Morgan fingerprint density at radius 3 is 2.00 bits per heavy atom. The van der Waals surface area contributed by atoms with Crippen LogP contribution in [0.3, 0.4) is 0 Å². The summed E-state index contributed by atoms with van der Waals surface area (Å²) >= 11 is 0. The van der Waals surface area contributed by atoms with Gasteiger partial charge in [-0.05, 0) is 31.6 Å². The fourth-order valence-electron chi connectivity index (χ4n) is 1.76. The van der Waals surface area contributed by atoms with Crippen LogP contribution in [0.15, 0.2) is 0 Å². The molecule has 0 fully saturated rings. The van der Waals surface area contributed by atoms with E-state index in [1.165, 1.54) is 0 Å². The normalized spacial score (nSPS) is 15.6. The Hall–Kier alpha value is -0.530. The zero-order valence-electron chi connectivity index (χ0n) is 11.9. The number of ether oxygens (including phenoxy) is 1. The van der Waals surface area contributed by atoms with Crippen LogP contribution in [0, 0.1) is 10.8 Å². The number of rotatable bonds is 7. The van der Waals surface area contributed by atoms with Gasteiger partial charge in [0.1, 0.15) is 0 Å². The second-order valence-corrected chi connectivity index (χ2v) is 5.41. The van der Waals surface area contributed by atoms with E-state index in [-0.39, 0.29) is 16.8 Å². The van der Waals surface area contributed by atoms with Crippen LogP contribution in [-0.4, -0.2) is 12.6 Å². The van der Waals surface area contributed by atoms with E-state index in [2.05, 4.69) is 34.6 Å². The number of carbonyl (C=O) groups is 1. The average Bonchev–Trinajstić information content (AvgIpc) is 2.27. The fourth-order valence-corrected chi connectivity index (χ4v) is 1.76. The molecule has 0 spiro atoms. The second kappa shape index (κ2) is 6.27. The lowest BCUT2D eigenvalue weighted by Gasteiger charge is -2.41. The molecule has 0 heterocycles. The van der Waals surface area contributed by atoms with Gasteiger partial charge < -0.3 is 4.74 Å². The molecule has 0 bridgehead atoms. The highest BCUT2D eigenvalue weighted by atomic mass is 16.5. The zero-order chi connectivity index (χ0) is 12.8. The van der Waals surface area contributed by atoms with Gasteiger partial charge in [-0.15, -0.1) is 0 Å². The Bertz CT molecular complexity index is 221. The molecule has 0 aromatic carbocycles. The molecule has 0 aliphatic rings. The first-order valence-corrected chi connectivity index (χ1v) is 6.53. The maximum atomic E-state index is 12.2. The smallest absolute Gasteiger partial charge is 0.312 e. The summed E-state index contributed by atoms with van der Waals surface area (Å²) in [5.41, 5.74) is -0.374. The molecule has 1 unspecified atom stereocenters. The summed E-state index contributed by atoms with van der Waals surface area (Å²) in [6.45, 7) is 13.2. The molecule has 0 N–H and O–H groups in total. The van der Waals surface area contributed by atoms with Crippen molar-refractivity contribution in [2.45, 2.75) is 67.2 Å². The maximum absolute atomic E-state index is 12.2. The quantitative estimate of drug-likeness (QED) is 0.482. The van der Waals surface area contributed by atoms with Gasteiger partial charge in [-0.1, -0.05) is 41.0 Å². The predicted molar refractivity (Wildman–Crippen MR) is 68.3 cm³/mol. The van der Waals surface area contributed by atoms with Crippen molar-refractivity contribution in [1.29, 1.82) is 0 Å². The topological polar surface area (TPSA) is 26.3 Å². The first kappa shape index (κ1) is 15.5. The van der Waals surface area contributed by atoms with Crippen molar-refractivity contribution >= 4 is 5.97 Å². The minimum Gasteiger partial charge on any atom is -0.465 e. The summed E-state index contributed by atoms with van der Waals surface area (Å²) in [7, 11) is 0. The number of carbonyl (C=O) groups excluding carboxylic acids is 1. The lowest BCUT2D eigenvalue weighted by atomic mass is 9.64. The van der Waals surface area contributed by atoms with Gasteiger partial charge in [-0.25, -0.2) is 0 Å². The van der Waals surface area contributed by atoms with E-state index in [9.17, 15) is 4.79 Å². The van der Waals surface area contributed by atoms with Crippen LogP contribution >= 0.6 is 0 Å². The second-order valence-electron chi connectivity index (χ2n) is 5.41. The van der Waals surface area contributed by atoms with Gasteiger partial charge in [0, 0.05) is 0 Å². The van der Waals surface area contributed by atoms with Gasteiger partial charge in [0.25, 0.3) is 0 Å². The summed E-state index contributed by atoms with van der Waals surface area (Å²) in [5.74, 6) is -0.0321. The largest absolute Gasteiger partial charge is 0.465 e. The minimum absolute atomic E-state index is 0.00888. The Morgan fingerprint density at radius 1 is 1.06 bits per heavy atom. The van der Waals surface area contributed by atoms with Crippen molar-refractivity contribution in [3.05, 3.63) is 0 Å². The SMILES string of the molecule is CCCCOC(=O)C(C)(CC)C(C)(C)CC. The van der Waals surface area contributed by atoms with Crippen molar-refractivity contribution in [1.82, 2.24) is 0 Å². The summed E-state index contributed by atoms with van der Waals surface area (Å²) < 4.78 is 5.39. The Labute approximate surface area is 101 Å². The molecule has 1 atom stereocenters. The van der Waals surface area contributed by atoms with Crippen LogP contribution in [-0.2, 0) is 9.53 Å². The van der Waals surface area contributed by atoms with E-state index in [1.54, 1.807) is 0 Å². The van der Waals surface area contributed by atoms with Crippen molar-refractivity contribution in [2.24, 2.45) is 10.8 Å². The average molecular weight is 228 g/mol. The van der Waals surface area contributed by atoms with Crippen molar-refractivity contribution in [2.75, 3.05) is 6.61 Å². The Morgan fingerprint density at radius 2 is 1.62 bits per heavy atom. The molecule has 96 valence electrons. The maximum Gasteiger partial charge on any atom is 0.312 e. The molecular weight excluding hydrogens is 200 g/mol. The van der Waals surface area contributed by atoms with Gasteiger partial charge in [0.2, 0.25) is 0 Å². The number of unbranched alkanes of at least 4 members (excludes halogenated alkanes) is 1. The highest BCUT2D eigenvalue weighted by Crippen LogP contribution is 2.45. The van der Waals surface area contributed by atoms with Crippen molar-refractivity contribution in [3.8, 4) is 0 Å². The lowest BCUT2D eigenvalue weighted by molar-refractivity contribution is -0.163. The molecule has 0 saturated heterocycles. The van der Waals surface area contributed by atoms with E-state index in [1.807, 2.05) is 6.92 Å². The third kappa shape index (κ3) is 3.23. The van der Waals surface area contributed by atoms with E-state index in [0.717, 1.165) is 25.7 Å². The minimum atomic E-state index is -0.366. The molecule has 2 nitrogen and oxygen atoms in total. The number of esters is 1.